The molecule has 0 bridgehead atoms. The number of aryl methyl sites for hydroxylation is 1. The van der Waals surface area contributed by atoms with Crippen LogP contribution < -0.4 is 0 Å². The van der Waals surface area contributed by atoms with Gasteiger partial charge in [-0.3, -0.25) is 0 Å². The van der Waals surface area contributed by atoms with Crippen molar-refractivity contribution in [3.05, 3.63) is 70.3 Å². The molecule has 5 heteroatoms. The number of halogens is 5. The predicted molar refractivity (Wildman–Crippen MR) is 72.8 cm³/mol. The maximum absolute atomic E-state index is 14.0. The number of hydrogen-bond acceptors (Lipinski definition) is 0. The van der Waals surface area contributed by atoms with Crippen molar-refractivity contribution in [1.82, 2.24) is 0 Å². The average molecular weight is 347 g/mol. The lowest BCUT2D eigenvalue weighted by Gasteiger charge is -2.14. The Bertz CT molecular complexity index is 640. The van der Waals surface area contributed by atoms with E-state index in [0.29, 0.717) is 11.1 Å². The average Bonchev–Trinajstić information content (AvgIpc) is 2.39. The Hall–Kier alpha value is -1.36. The summed E-state index contributed by atoms with van der Waals surface area (Å²) in [7, 11) is 0. The van der Waals surface area contributed by atoms with E-state index in [0.717, 1.165) is 12.1 Å². The van der Waals surface area contributed by atoms with Gasteiger partial charge in [-0.25, -0.2) is 17.6 Å². The number of alkyl halides is 1. The van der Waals surface area contributed by atoms with Gasteiger partial charge in [-0.2, -0.15) is 0 Å². The fourth-order valence-electron chi connectivity index (χ4n) is 1.94. The van der Waals surface area contributed by atoms with Crippen LogP contribution in [0.25, 0.3) is 0 Å². The lowest BCUT2D eigenvalue weighted by Crippen LogP contribution is -2.04. The van der Waals surface area contributed by atoms with E-state index in [1.165, 1.54) is 25.1 Å². The van der Waals surface area contributed by atoms with Crippen molar-refractivity contribution in [2.24, 2.45) is 0 Å². The second kappa shape index (κ2) is 5.95. The summed E-state index contributed by atoms with van der Waals surface area (Å²) in [5, 5.41) is 0. The van der Waals surface area contributed by atoms with Gasteiger partial charge in [0.05, 0.1) is 0 Å². The quantitative estimate of drug-likeness (QED) is 0.527. The van der Waals surface area contributed by atoms with Crippen LogP contribution in [0.2, 0.25) is 0 Å². The minimum atomic E-state index is -0.979. The van der Waals surface area contributed by atoms with E-state index in [9.17, 15) is 17.6 Å². The van der Waals surface area contributed by atoms with E-state index in [-0.39, 0.29) is 12.0 Å². The fourth-order valence-corrected chi connectivity index (χ4v) is 2.73. The lowest BCUT2D eigenvalue weighted by atomic mass is 10.0. The normalized spacial score (nSPS) is 12.5. The Balaban J connectivity index is 2.30. The summed E-state index contributed by atoms with van der Waals surface area (Å²) in [6, 6.07) is 5.94. The van der Waals surface area contributed by atoms with Crippen LogP contribution in [-0.2, 0) is 6.42 Å². The zero-order chi connectivity index (χ0) is 14.9. The Morgan fingerprint density at radius 3 is 2.25 bits per heavy atom. The monoisotopic (exact) mass is 346 g/mol. The largest absolute Gasteiger partial charge is 0.207 e. The molecule has 2 aromatic carbocycles. The molecular weight excluding hydrogens is 336 g/mol. The Morgan fingerprint density at radius 2 is 1.60 bits per heavy atom. The summed E-state index contributed by atoms with van der Waals surface area (Å²) in [4.78, 5) is -0.660. The maximum atomic E-state index is 14.0. The highest BCUT2D eigenvalue weighted by molar-refractivity contribution is 9.09. The van der Waals surface area contributed by atoms with Gasteiger partial charge in [0, 0.05) is 10.4 Å². The molecule has 2 aromatic rings. The van der Waals surface area contributed by atoms with Crippen LogP contribution in [0.4, 0.5) is 17.6 Å². The molecular formula is C15H11BrF4. The smallest absolute Gasteiger partial charge is 0.159 e. The van der Waals surface area contributed by atoms with Crippen LogP contribution >= 0.6 is 15.9 Å². The summed E-state index contributed by atoms with van der Waals surface area (Å²) < 4.78 is 53.6. The van der Waals surface area contributed by atoms with E-state index >= 15 is 0 Å². The molecule has 1 unspecified atom stereocenters. The molecule has 2 rings (SSSR count). The summed E-state index contributed by atoms with van der Waals surface area (Å²) in [5.74, 6) is -3.23. The molecule has 0 aliphatic heterocycles. The van der Waals surface area contributed by atoms with E-state index in [1.54, 1.807) is 0 Å². The van der Waals surface area contributed by atoms with Gasteiger partial charge in [0.1, 0.15) is 11.6 Å². The van der Waals surface area contributed by atoms with Gasteiger partial charge in [0.15, 0.2) is 11.6 Å². The van der Waals surface area contributed by atoms with Crippen LogP contribution in [0.3, 0.4) is 0 Å². The first-order valence-electron chi connectivity index (χ1n) is 5.92. The second-order valence-corrected chi connectivity index (χ2v) is 5.62. The first-order chi connectivity index (χ1) is 9.40. The van der Waals surface area contributed by atoms with Crippen LogP contribution in [0.5, 0.6) is 0 Å². The van der Waals surface area contributed by atoms with Crippen LogP contribution in [-0.4, -0.2) is 0 Å². The minimum absolute atomic E-state index is 0.102. The molecule has 0 fully saturated rings. The van der Waals surface area contributed by atoms with Gasteiger partial charge >= 0.3 is 0 Å². The molecule has 0 aliphatic rings. The van der Waals surface area contributed by atoms with Crippen molar-refractivity contribution in [2.75, 3.05) is 0 Å². The summed E-state index contributed by atoms with van der Waals surface area (Å²) in [5.41, 5.74) is 0.678. The zero-order valence-corrected chi connectivity index (χ0v) is 12.1. The van der Waals surface area contributed by atoms with Crippen molar-refractivity contribution in [1.29, 1.82) is 0 Å². The minimum Gasteiger partial charge on any atom is -0.207 e. The molecule has 0 amide bonds. The first kappa shape index (κ1) is 15.0. The van der Waals surface area contributed by atoms with Gasteiger partial charge in [-0.15, -0.1) is 0 Å². The summed E-state index contributed by atoms with van der Waals surface area (Å²) >= 11 is 3.21. The number of hydrogen-bond donors (Lipinski definition) is 0. The van der Waals surface area contributed by atoms with Crippen LogP contribution in [0.1, 0.15) is 21.5 Å². The van der Waals surface area contributed by atoms with Crippen LogP contribution in [0.15, 0.2) is 30.3 Å². The number of benzene rings is 2. The zero-order valence-electron chi connectivity index (χ0n) is 10.6. The van der Waals surface area contributed by atoms with Crippen molar-refractivity contribution in [2.45, 2.75) is 18.2 Å². The summed E-state index contributed by atoms with van der Waals surface area (Å²) in [6.45, 7) is 1.54. The molecule has 0 radical (unpaired) electrons. The van der Waals surface area contributed by atoms with E-state index in [1.807, 2.05) is 0 Å². The predicted octanol–water partition coefficient (Wildman–Crippen LogP) is 5.23. The van der Waals surface area contributed by atoms with Gasteiger partial charge in [0.25, 0.3) is 0 Å². The molecule has 0 saturated heterocycles. The first-order valence-corrected chi connectivity index (χ1v) is 6.84. The highest BCUT2D eigenvalue weighted by Crippen LogP contribution is 2.32. The summed E-state index contributed by atoms with van der Waals surface area (Å²) in [6.07, 6.45) is 0.147. The van der Waals surface area contributed by atoms with Gasteiger partial charge in [0.2, 0.25) is 0 Å². The third-order valence-electron chi connectivity index (χ3n) is 3.03. The molecule has 0 heterocycles. The Kier molecular flexibility index (Phi) is 4.48. The topological polar surface area (TPSA) is 0 Å². The molecule has 0 nitrogen and oxygen atoms in total. The van der Waals surface area contributed by atoms with Crippen molar-refractivity contribution in [3.8, 4) is 0 Å². The van der Waals surface area contributed by atoms with E-state index in [2.05, 4.69) is 15.9 Å². The van der Waals surface area contributed by atoms with E-state index in [4.69, 9.17) is 0 Å². The third-order valence-corrected chi connectivity index (χ3v) is 3.81. The molecule has 0 aromatic heterocycles. The number of rotatable bonds is 3. The van der Waals surface area contributed by atoms with Crippen molar-refractivity contribution >= 4 is 15.9 Å². The highest BCUT2D eigenvalue weighted by Gasteiger charge is 2.20. The molecule has 106 valence electrons. The molecule has 0 N–H and O–H groups in total. The highest BCUT2D eigenvalue weighted by atomic mass is 79.9. The molecule has 0 spiro atoms. The van der Waals surface area contributed by atoms with Gasteiger partial charge in [-0.1, -0.05) is 28.1 Å². The van der Waals surface area contributed by atoms with E-state index < -0.39 is 28.1 Å². The maximum Gasteiger partial charge on any atom is 0.159 e. The standard InChI is InChI=1S/C15H11BrF4/c1-8-2-4-12(18)14(15(8)20)10(16)6-9-3-5-11(17)13(19)7-9/h2-5,7,10H,6H2,1H3. The second-order valence-electron chi connectivity index (χ2n) is 4.51. The fraction of sp³-hybridized carbons (Fsp3) is 0.200. The van der Waals surface area contributed by atoms with Gasteiger partial charge in [-0.05, 0) is 42.7 Å². The van der Waals surface area contributed by atoms with Crippen molar-refractivity contribution in [3.63, 3.8) is 0 Å². The molecule has 0 aliphatic carbocycles. The Morgan fingerprint density at radius 1 is 0.950 bits per heavy atom. The van der Waals surface area contributed by atoms with Gasteiger partial charge < -0.3 is 0 Å². The van der Waals surface area contributed by atoms with Crippen molar-refractivity contribution < 1.29 is 17.6 Å². The third kappa shape index (κ3) is 3.03. The molecule has 0 saturated carbocycles. The molecule has 20 heavy (non-hydrogen) atoms. The van der Waals surface area contributed by atoms with Crippen LogP contribution in [0, 0.1) is 30.2 Å². The Labute approximate surface area is 122 Å². The SMILES string of the molecule is Cc1ccc(F)c(C(Br)Cc2ccc(F)c(F)c2)c1F. The molecule has 1 atom stereocenters. The lowest BCUT2D eigenvalue weighted by molar-refractivity contribution is 0.506.